The van der Waals surface area contributed by atoms with Crippen LogP contribution in [-0.4, -0.2) is 27.6 Å². The van der Waals surface area contributed by atoms with Crippen LogP contribution < -0.4 is 5.73 Å². The Morgan fingerprint density at radius 2 is 1.88 bits per heavy atom. The number of hydrogen-bond donors (Lipinski definition) is 2. The van der Waals surface area contributed by atoms with Crippen molar-refractivity contribution in [3.8, 4) is 0 Å². The molecule has 0 spiro atoms. The number of aliphatic hydroxyl groups is 1. The van der Waals surface area contributed by atoms with Crippen LogP contribution in [0.1, 0.15) is 54.4 Å². The van der Waals surface area contributed by atoms with Crippen LogP contribution in [0.4, 0.5) is 4.39 Å². The lowest BCUT2D eigenvalue weighted by molar-refractivity contribution is 0.0972. The zero-order valence-electron chi connectivity index (χ0n) is 15.7. The molecule has 4 nitrogen and oxygen atoms in total. The first kappa shape index (κ1) is 20.3. The Morgan fingerprint density at radius 1 is 1.19 bits per heavy atom. The molecule has 1 aromatic heterocycles. The minimum absolute atomic E-state index is 0.0386. The van der Waals surface area contributed by atoms with E-state index < -0.39 is 5.54 Å². The van der Waals surface area contributed by atoms with E-state index in [9.17, 15) is 14.3 Å². The number of benzene rings is 1. The van der Waals surface area contributed by atoms with E-state index in [0.29, 0.717) is 25.0 Å². The third kappa shape index (κ3) is 5.26. The summed E-state index contributed by atoms with van der Waals surface area (Å²) in [6.07, 6.45) is 4.06. The standard InChI is InChI=1S/C21H29FN2O2/c1-3-21(23,15-25)14-13-18-11-12-19(24(18)2)20(26)6-4-5-16-7-9-17(22)10-8-16/h7-12,25H,3-6,13-15,23H2,1-2H3. The van der Waals surface area contributed by atoms with Crippen LogP contribution in [0.15, 0.2) is 36.4 Å². The lowest BCUT2D eigenvalue weighted by atomic mass is 9.92. The van der Waals surface area contributed by atoms with Gasteiger partial charge < -0.3 is 15.4 Å². The molecule has 0 aliphatic heterocycles. The minimum Gasteiger partial charge on any atom is -0.394 e. The Bertz CT molecular complexity index is 718. The number of carbonyl (C=O) groups is 1. The maximum atomic E-state index is 12.9. The SMILES string of the molecule is CCC(N)(CO)CCc1ccc(C(=O)CCCc2ccc(F)cc2)n1C. The van der Waals surface area contributed by atoms with E-state index in [1.807, 2.05) is 30.7 Å². The molecule has 0 saturated heterocycles. The molecule has 0 fully saturated rings. The number of nitrogens with zero attached hydrogens (tertiary/aromatic N) is 1. The summed E-state index contributed by atoms with van der Waals surface area (Å²) in [6.45, 7) is 1.93. The van der Waals surface area contributed by atoms with Crippen LogP contribution in [0.25, 0.3) is 0 Å². The van der Waals surface area contributed by atoms with E-state index in [0.717, 1.165) is 30.5 Å². The summed E-state index contributed by atoms with van der Waals surface area (Å²) >= 11 is 0. The molecule has 0 saturated carbocycles. The monoisotopic (exact) mass is 360 g/mol. The summed E-state index contributed by atoms with van der Waals surface area (Å²) in [7, 11) is 1.89. The minimum atomic E-state index is -0.566. The van der Waals surface area contributed by atoms with Gasteiger partial charge in [0.2, 0.25) is 0 Å². The highest BCUT2D eigenvalue weighted by atomic mass is 19.1. The fourth-order valence-electron chi connectivity index (χ4n) is 3.06. The van der Waals surface area contributed by atoms with E-state index in [1.54, 1.807) is 12.1 Å². The molecule has 0 amide bonds. The summed E-state index contributed by atoms with van der Waals surface area (Å²) in [6, 6.07) is 10.2. The molecular weight excluding hydrogens is 331 g/mol. The number of aliphatic hydroxyl groups excluding tert-OH is 1. The first-order chi connectivity index (χ1) is 12.4. The average Bonchev–Trinajstić information content (AvgIpc) is 3.02. The Labute approximate surface area is 154 Å². The highest BCUT2D eigenvalue weighted by Gasteiger charge is 2.22. The van der Waals surface area contributed by atoms with Gasteiger partial charge in [-0.05, 0) is 61.9 Å². The Balaban J connectivity index is 1.89. The predicted molar refractivity (Wildman–Crippen MR) is 102 cm³/mol. The molecular formula is C21H29FN2O2. The van der Waals surface area contributed by atoms with Crippen molar-refractivity contribution in [3.05, 3.63) is 59.2 Å². The van der Waals surface area contributed by atoms with Crippen molar-refractivity contribution in [2.24, 2.45) is 12.8 Å². The van der Waals surface area contributed by atoms with E-state index in [4.69, 9.17) is 5.73 Å². The van der Waals surface area contributed by atoms with Crippen molar-refractivity contribution in [2.45, 2.75) is 51.0 Å². The third-order valence-corrected chi connectivity index (χ3v) is 5.19. The van der Waals surface area contributed by atoms with Gasteiger partial charge in [-0.15, -0.1) is 0 Å². The first-order valence-corrected chi connectivity index (χ1v) is 9.20. The summed E-state index contributed by atoms with van der Waals surface area (Å²) in [5.74, 6) is -0.135. The van der Waals surface area contributed by atoms with Gasteiger partial charge in [0.05, 0.1) is 12.3 Å². The molecule has 1 aromatic carbocycles. The van der Waals surface area contributed by atoms with Gasteiger partial charge in [0.25, 0.3) is 0 Å². The maximum Gasteiger partial charge on any atom is 0.179 e. The number of aryl methyl sites for hydroxylation is 2. The van der Waals surface area contributed by atoms with Gasteiger partial charge in [-0.2, -0.15) is 0 Å². The van der Waals surface area contributed by atoms with Crippen molar-refractivity contribution in [1.29, 1.82) is 0 Å². The number of carbonyl (C=O) groups excluding carboxylic acids is 1. The highest BCUT2D eigenvalue weighted by molar-refractivity contribution is 5.94. The Hall–Kier alpha value is -1.98. The van der Waals surface area contributed by atoms with Crippen LogP contribution >= 0.6 is 0 Å². The van der Waals surface area contributed by atoms with Crippen LogP contribution in [0.5, 0.6) is 0 Å². The lowest BCUT2D eigenvalue weighted by Gasteiger charge is -2.25. The molecule has 26 heavy (non-hydrogen) atoms. The first-order valence-electron chi connectivity index (χ1n) is 9.20. The fourth-order valence-corrected chi connectivity index (χ4v) is 3.06. The number of hydrogen-bond acceptors (Lipinski definition) is 3. The second-order valence-corrected chi connectivity index (χ2v) is 7.05. The number of halogens is 1. The molecule has 3 N–H and O–H groups in total. The van der Waals surface area contributed by atoms with Crippen molar-refractivity contribution in [1.82, 2.24) is 4.57 Å². The molecule has 1 unspecified atom stereocenters. The van der Waals surface area contributed by atoms with Crippen molar-refractivity contribution in [3.63, 3.8) is 0 Å². The second kappa shape index (κ2) is 9.10. The molecule has 5 heteroatoms. The van der Waals surface area contributed by atoms with Gasteiger partial charge >= 0.3 is 0 Å². The number of rotatable bonds is 10. The van der Waals surface area contributed by atoms with Gasteiger partial charge in [-0.3, -0.25) is 4.79 Å². The summed E-state index contributed by atoms with van der Waals surface area (Å²) in [5, 5.41) is 9.43. The number of aromatic nitrogens is 1. The largest absolute Gasteiger partial charge is 0.394 e. The van der Waals surface area contributed by atoms with Crippen LogP contribution in [-0.2, 0) is 19.9 Å². The Kier molecular flexibility index (Phi) is 7.12. The van der Waals surface area contributed by atoms with Crippen LogP contribution in [0.2, 0.25) is 0 Å². The number of Topliss-reactive ketones (excluding diaryl/α,β-unsaturated/α-hetero) is 1. The molecule has 2 rings (SSSR count). The second-order valence-electron chi connectivity index (χ2n) is 7.05. The molecule has 0 radical (unpaired) electrons. The molecule has 1 heterocycles. The van der Waals surface area contributed by atoms with Crippen molar-refractivity contribution >= 4 is 5.78 Å². The topological polar surface area (TPSA) is 68.2 Å². The van der Waals surface area contributed by atoms with E-state index in [2.05, 4.69) is 0 Å². The molecule has 0 aliphatic carbocycles. The van der Waals surface area contributed by atoms with Crippen molar-refractivity contribution < 1.29 is 14.3 Å². The average molecular weight is 360 g/mol. The third-order valence-electron chi connectivity index (χ3n) is 5.19. The van der Waals surface area contributed by atoms with Gasteiger partial charge in [0.15, 0.2) is 5.78 Å². The predicted octanol–water partition coefficient (Wildman–Crippen LogP) is 3.40. The lowest BCUT2D eigenvalue weighted by Crippen LogP contribution is -2.43. The Morgan fingerprint density at radius 3 is 2.50 bits per heavy atom. The van der Waals surface area contributed by atoms with Crippen molar-refractivity contribution in [2.75, 3.05) is 6.61 Å². The van der Waals surface area contributed by atoms with Gasteiger partial charge in [0.1, 0.15) is 5.82 Å². The molecule has 0 aliphatic rings. The molecule has 142 valence electrons. The quantitative estimate of drug-likeness (QED) is 0.638. The van der Waals surface area contributed by atoms with Crippen LogP contribution in [0, 0.1) is 5.82 Å². The van der Waals surface area contributed by atoms with Gasteiger partial charge in [-0.1, -0.05) is 19.1 Å². The zero-order chi connectivity index (χ0) is 19.2. The van der Waals surface area contributed by atoms with Gasteiger partial charge in [0, 0.05) is 24.7 Å². The van der Waals surface area contributed by atoms with E-state index in [1.165, 1.54) is 12.1 Å². The zero-order valence-corrected chi connectivity index (χ0v) is 15.7. The van der Waals surface area contributed by atoms with Crippen LogP contribution in [0.3, 0.4) is 0 Å². The molecule has 2 aromatic rings. The fraction of sp³-hybridized carbons (Fsp3) is 0.476. The summed E-state index contributed by atoms with van der Waals surface area (Å²) < 4.78 is 14.8. The molecule has 1 atom stereocenters. The summed E-state index contributed by atoms with van der Waals surface area (Å²) in [4.78, 5) is 12.5. The highest BCUT2D eigenvalue weighted by Crippen LogP contribution is 2.18. The number of nitrogens with two attached hydrogens (primary N) is 1. The smallest absolute Gasteiger partial charge is 0.179 e. The summed E-state index contributed by atoms with van der Waals surface area (Å²) in [5.41, 5.74) is 8.35. The van der Waals surface area contributed by atoms with Gasteiger partial charge in [-0.25, -0.2) is 4.39 Å². The van der Waals surface area contributed by atoms with E-state index in [-0.39, 0.29) is 18.2 Å². The normalized spacial score (nSPS) is 13.6. The molecule has 0 bridgehead atoms. The number of ketones is 1. The van der Waals surface area contributed by atoms with E-state index >= 15 is 0 Å². The maximum absolute atomic E-state index is 12.9.